The molecule has 0 aliphatic carbocycles. The largest absolute Gasteiger partial charge is 0.304 e. The van der Waals surface area contributed by atoms with Crippen molar-refractivity contribution in [3.05, 3.63) is 82.9 Å². The van der Waals surface area contributed by atoms with E-state index >= 15 is 0 Å². The number of aryl methyl sites for hydroxylation is 2. The maximum Gasteiger partial charge on any atom is 0.259 e. The number of hydrogen-bond donors (Lipinski definition) is 2. The molecule has 3 aromatic carbocycles. The first kappa shape index (κ1) is 17.9. The monoisotopic (exact) mass is 377 g/mol. The van der Waals surface area contributed by atoms with Crippen molar-refractivity contribution in [1.82, 2.24) is 10.2 Å². The van der Waals surface area contributed by atoms with Gasteiger partial charge in [-0.25, -0.2) is 8.78 Å². The summed E-state index contributed by atoms with van der Waals surface area (Å²) in [6.45, 7) is 4.09. The first-order valence-electron chi connectivity index (χ1n) is 8.74. The van der Waals surface area contributed by atoms with Gasteiger partial charge in [-0.2, -0.15) is 5.10 Å². The van der Waals surface area contributed by atoms with Gasteiger partial charge in [0.05, 0.1) is 11.1 Å². The van der Waals surface area contributed by atoms with E-state index in [0.29, 0.717) is 11.5 Å². The molecule has 0 unspecified atom stereocenters. The quantitative estimate of drug-likeness (QED) is 0.504. The molecule has 1 amide bonds. The van der Waals surface area contributed by atoms with Crippen LogP contribution < -0.4 is 5.32 Å². The van der Waals surface area contributed by atoms with Gasteiger partial charge in [-0.15, -0.1) is 0 Å². The van der Waals surface area contributed by atoms with E-state index in [0.717, 1.165) is 34.3 Å². The highest BCUT2D eigenvalue weighted by atomic mass is 19.1. The van der Waals surface area contributed by atoms with E-state index < -0.39 is 17.5 Å². The average molecular weight is 377 g/mol. The number of benzene rings is 3. The molecule has 2 N–H and O–H groups in total. The number of nitrogens with zero attached hydrogens (tertiary/aromatic N) is 1. The maximum atomic E-state index is 13.8. The Bertz CT molecular complexity index is 1210. The first-order chi connectivity index (χ1) is 13.4. The molecule has 140 valence electrons. The molecule has 6 heteroatoms. The molecule has 0 fully saturated rings. The van der Waals surface area contributed by atoms with Crippen molar-refractivity contribution in [3.8, 4) is 11.1 Å². The van der Waals surface area contributed by atoms with Gasteiger partial charge in [0.1, 0.15) is 11.6 Å². The highest BCUT2D eigenvalue weighted by molar-refractivity contribution is 6.08. The second-order valence-electron chi connectivity index (χ2n) is 6.73. The van der Waals surface area contributed by atoms with E-state index in [1.165, 1.54) is 5.56 Å². The molecular weight excluding hydrogens is 360 g/mol. The number of hydrogen-bond acceptors (Lipinski definition) is 2. The Morgan fingerprint density at radius 2 is 1.82 bits per heavy atom. The maximum absolute atomic E-state index is 13.8. The minimum absolute atomic E-state index is 0.246. The summed E-state index contributed by atoms with van der Waals surface area (Å²) >= 11 is 0. The predicted molar refractivity (Wildman–Crippen MR) is 105 cm³/mol. The smallest absolute Gasteiger partial charge is 0.259 e. The molecule has 0 atom stereocenters. The lowest BCUT2D eigenvalue weighted by atomic mass is 9.98. The van der Waals surface area contributed by atoms with E-state index in [2.05, 4.69) is 40.6 Å². The van der Waals surface area contributed by atoms with Crippen LogP contribution in [0.25, 0.3) is 22.0 Å². The van der Waals surface area contributed by atoms with Gasteiger partial charge in [0.25, 0.3) is 5.91 Å². The van der Waals surface area contributed by atoms with E-state index in [1.54, 1.807) is 0 Å². The van der Waals surface area contributed by atoms with Crippen molar-refractivity contribution < 1.29 is 13.6 Å². The van der Waals surface area contributed by atoms with Crippen molar-refractivity contribution in [2.75, 3.05) is 5.32 Å². The minimum Gasteiger partial charge on any atom is -0.304 e. The molecule has 1 aromatic heterocycles. The molecule has 0 aliphatic rings. The summed E-state index contributed by atoms with van der Waals surface area (Å²) in [7, 11) is 0. The second-order valence-corrected chi connectivity index (χ2v) is 6.73. The van der Waals surface area contributed by atoms with Crippen LogP contribution in [0.3, 0.4) is 0 Å². The van der Waals surface area contributed by atoms with Crippen LogP contribution in [0.1, 0.15) is 21.5 Å². The third-order valence-electron chi connectivity index (χ3n) is 4.67. The Balaban J connectivity index is 1.67. The number of H-pyrrole nitrogens is 1. The van der Waals surface area contributed by atoms with Gasteiger partial charge >= 0.3 is 0 Å². The molecule has 0 spiro atoms. The van der Waals surface area contributed by atoms with Crippen molar-refractivity contribution in [2.45, 2.75) is 13.8 Å². The van der Waals surface area contributed by atoms with E-state index in [4.69, 9.17) is 0 Å². The summed E-state index contributed by atoms with van der Waals surface area (Å²) < 4.78 is 26.9. The number of carbonyl (C=O) groups excluding carboxylic acids is 1. The lowest BCUT2D eigenvalue weighted by molar-refractivity contribution is 0.102. The zero-order valence-corrected chi connectivity index (χ0v) is 15.3. The van der Waals surface area contributed by atoms with Crippen LogP contribution in [0.15, 0.2) is 54.6 Å². The van der Waals surface area contributed by atoms with E-state index in [-0.39, 0.29) is 11.4 Å². The number of nitrogens with one attached hydrogen (secondary N) is 2. The molecule has 1 heterocycles. The number of rotatable bonds is 3. The molecule has 4 rings (SSSR count). The number of halogens is 2. The van der Waals surface area contributed by atoms with E-state index in [9.17, 15) is 13.6 Å². The topological polar surface area (TPSA) is 57.8 Å². The van der Waals surface area contributed by atoms with Crippen LogP contribution in [0.4, 0.5) is 14.6 Å². The Morgan fingerprint density at radius 3 is 2.61 bits per heavy atom. The molecule has 0 saturated carbocycles. The van der Waals surface area contributed by atoms with Gasteiger partial charge in [0, 0.05) is 11.5 Å². The van der Waals surface area contributed by atoms with Crippen molar-refractivity contribution in [1.29, 1.82) is 0 Å². The minimum atomic E-state index is -0.922. The molecule has 0 radical (unpaired) electrons. The highest BCUT2D eigenvalue weighted by Gasteiger charge is 2.16. The van der Waals surface area contributed by atoms with Crippen molar-refractivity contribution in [3.63, 3.8) is 0 Å². The van der Waals surface area contributed by atoms with Crippen LogP contribution in [0.5, 0.6) is 0 Å². The lowest BCUT2D eigenvalue weighted by Gasteiger charge is -2.08. The number of aromatic amines is 1. The summed E-state index contributed by atoms with van der Waals surface area (Å²) in [4.78, 5) is 12.3. The van der Waals surface area contributed by atoms with Crippen molar-refractivity contribution >= 4 is 22.6 Å². The van der Waals surface area contributed by atoms with Gasteiger partial charge in [-0.05, 0) is 54.8 Å². The third-order valence-corrected chi connectivity index (χ3v) is 4.67. The average Bonchev–Trinajstić information content (AvgIpc) is 3.05. The first-order valence-corrected chi connectivity index (χ1v) is 8.74. The molecule has 0 aliphatic heterocycles. The van der Waals surface area contributed by atoms with Crippen LogP contribution >= 0.6 is 0 Å². The molecule has 0 saturated heterocycles. The Labute approximate surface area is 160 Å². The third kappa shape index (κ3) is 3.24. The lowest BCUT2D eigenvalue weighted by Crippen LogP contribution is -2.14. The Hall–Kier alpha value is -3.54. The summed E-state index contributed by atoms with van der Waals surface area (Å²) in [6.07, 6.45) is 0. The molecular formula is C22H17F2N3O. The number of fused-ring (bicyclic) bond motifs is 1. The SMILES string of the molecule is Cc1ccc(C)c(-c2ccc3c(NC(=O)c4ccc(F)cc4F)n[nH]c3c2)c1. The Kier molecular flexibility index (Phi) is 4.39. The molecule has 28 heavy (non-hydrogen) atoms. The standard InChI is InChI=1S/C22H17F2N3O/c1-12-3-4-13(2)18(9-12)14-5-7-17-20(10-14)26-27-21(17)25-22(28)16-8-6-15(23)11-19(16)24/h3-11H,1-2H3,(H2,25,26,27,28). The fourth-order valence-corrected chi connectivity index (χ4v) is 3.18. The van der Waals surface area contributed by atoms with Gasteiger partial charge in [0.2, 0.25) is 0 Å². The second kappa shape index (κ2) is 6.88. The molecule has 0 bridgehead atoms. The normalized spacial score (nSPS) is 11.0. The number of aromatic nitrogens is 2. The summed E-state index contributed by atoms with van der Waals surface area (Å²) in [5.74, 6) is -2.06. The number of anilines is 1. The highest BCUT2D eigenvalue weighted by Crippen LogP contribution is 2.29. The van der Waals surface area contributed by atoms with Gasteiger partial charge in [-0.3, -0.25) is 9.89 Å². The molecule has 4 aromatic rings. The Morgan fingerprint density at radius 1 is 1.00 bits per heavy atom. The number of carbonyl (C=O) groups is 1. The zero-order chi connectivity index (χ0) is 19.8. The fraction of sp³-hybridized carbons (Fsp3) is 0.0909. The summed E-state index contributed by atoms with van der Waals surface area (Å²) in [6, 6.07) is 14.8. The summed E-state index contributed by atoms with van der Waals surface area (Å²) in [5, 5.41) is 10.3. The predicted octanol–water partition coefficient (Wildman–Crippen LogP) is 5.38. The fourth-order valence-electron chi connectivity index (χ4n) is 3.18. The van der Waals surface area contributed by atoms with Crippen LogP contribution in [-0.4, -0.2) is 16.1 Å². The summed E-state index contributed by atoms with van der Waals surface area (Å²) in [5.41, 5.74) is 4.97. The van der Waals surface area contributed by atoms with Crippen LogP contribution in [0.2, 0.25) is 0 Å². The zero-order valence-electron chi connectivity index (χ0n) is 15.3. The van der Waals surface area contributed by atoms with Gasteiger partial charge < -0.3 is 5.32 Å². The van der Waals surface area contributed by atoms with Crippen LogP contribution in [0, 0.1) is 25.5 Å². The van der Waals surface area contributed by atoms with E-state index in [1.807, 2.05) is 25.1 Å². The molecule has 4 nitrogen and oxygen atoms in total. The van der Waals surface area contributed by atoms with Gasteiger partial charge in [0.15, 0.2) is 5.82 Å². The van der Waals surface area contributed by atoms with Gasteiger partial charge in [-0.1, -0.05) is 29.8 Å². The van der Waals surface area contributed by atoms with Crippen molar-refractivity contribution in [2.24, 2.45) is 0 Å². The van der Waals surface area contributed by atoms with Crippen LogP contribution in [-0.2, 0) is 0 Å². The number of amides is 1.